The van der Waals surface area contributed by atoms with Crippen molar-refractivity contribution in [2.24, 2.45) is 0 Å². The molecule has 0 aliphatic rings. The Morgan fingerprint density at radius 1 is 0.429 bits per heavy atom. The first-order valence-electron chi connectivity index (χ1n) is 24.4. The van der Waals surface area contributed by atoms with Crippen molar-refractivity contribution in [2.45, 2.75) is 269 Å². The summed E-state index contributed by atoms with van der Waals surface area (Å²) in [6.07, 6.45) is 53.6. The third kappa shape index (κ3) is 38.1. The number of carbonyl (C=O) groups excluding carboxylic acids is 1. The van der Waals surface area contributed by atoms with Crippen molar-refractivity contribution in [3.8, 4) is 0 Å². The molecule has 0 aliphatic heterocycles. The lowest BCUT2D eigenvalue weighted by Gasteiger charge is -2.27. The highest BCUT2D eigenvalue weighted by Gasteiger charge is 2.28. The first-order chi connectivity index (χ1) is 27.5. The number of nitrogens with one attached hydrogen (secondary N) is 1. The third-order valence-electron chi connectivity index (χ3n) is 11.3. The highest BCUT2D eigenvalue weighted by Crippen LogP contribution is 2.16. The zero-order valence-electron chi connectivity index (χ0n) is 37.1. The van der Waals surface area contributed by atoms with Crippen molar-refractivity contribution in [3.05, 3.63) is 36.5 Å². The number of rotatable bonds is 44. The quantitative estimate of drug-likeness (QED) is 0.0312. The van der Waals surface area contributed by atoms with Crippen LogP contribution in [0.3, 0.4) is 0 Å². The minimum absolute atomic E-state index is 0.361. The summed E-state index contributed by atoms with van der Waals surface area (Å²) in [4.78, 5) is 12.5. The van der Waals surface area contributed by atoms with Gasteiger partial charge in [0.15, 0.2) is 0 Å². The number of aliphatic hydroxyl groups excluding tert-OH is 4. The van der Waals surface area contributed by atoms with Gasteiger partial charge in [-0.15, -0.1) is 0 Å². The molecule has 0 radical (unpaired) electrons. The van der Waals surface area contributed by atoms with Gasteiger partial charge in [-0.3, -0.25) is 4.79 Å². The van der Waals surface area contributed by atoms with Gasteiger partial charge in [-0.05, 0) is 70.6 Å². The van der Waals surface area contributed by atoms with Gasteiger partial charge in [-0.2, -0.15) is 0 Å². The van der Waals surface area contributed by atoms with Crippen molar-refractivity contribution in [2.75, 3.05) is 6.61 Å². The molecule has 330 valence electrons. The Morgan fingerprint density at radius 3 is 1.20 bits per heavy atom. The molecule has 0 aromatic carbocycles. The second-order valence-electron chi connectivity index (χ2n) is 16.8. The monoisotopic (exact) mass is 790 g/mol. The van der Waals surface area contributed by atoms with Gasteiger partial charge >= 0.3 is 0 Å². The Bertz CT molecular complexity index is 889. The molecule has 0 aromatic rings. The first kappa shape index (κ1) is 54.5. The number of hydrogen-bond acceptors (Lipinski definition) is 5. The Kier molecular flexibility index (Phi) is 43.5. The van der Waals surface area contributed by atoms with Gasteiger partial charge in [-0.1, -0.05) is 211 Å². The van der Waals surface area contributed by atoms with E-state index >= 15 is 0 Å². The molecule has 6 nitrogen and oxygen atoms in total. The van der Waals surface area contributed by atoms with Gasteiger partial charge in [0.1, 0.15) is 12.2 Å². The number of hydrogen-bond donors (Lipinski definition) is 5. The molecule has 0 aromatic heterocycles. The highest BCUT2D eigenvalue weighted by atomic mass is 16.3. The summed E-state index contributed by atoms with van der Waals surface area (Å²) < 4.78 is 0. The maximum absolute atomic E-state index is 12.5. The van der Waals surface area contributed by atoms with Crippen LogP contribution in [0, 0.1) is 0 Å². The normalized spacial score (nSPS) is 14.3. The van der Waals surface area contributed by atoms with Crippen LogP contribution in [0.15, 0.2) is 36.5 Å². The van der Waals surface area contributed by atoms with Crippen LogP contribution >= 0.6 is 0 Å². The maximum atomic E-state index is 12.5. The Morgan fingerprint density at radius 2 is 0.786 bits per heavy atom. The Hall–Kier alpha value is -1.47. The van der Waals surface area contributed by atoms with Gasteiger partial charge < -0.3 is 25.7 Å². The smallest absolute Gasteiger partial charge is 0.249 e. The van der Waals surface area contributed by atoms with Gasteiger partial charge in [0.25, 0.3) is 0 Å². The second kappa shape index (κ2) is 44.6. The molecule has 56 heavy (non-hydrogen) atoms. The van der Waals surface area contributed by atoms with E-state index in [1.165, 1.54) is 167 Å². The summed E-state index contributed by atoms with van der Waals surface area (Å²) in [5, 5.41) is 43.5. The fraction of sp³-hybridized carbons (Fsp3) is 0.860. The molecule has 5 N–H and O–H groups in total. The molecule has 0 fully saturated rings. The average molecular weight is 790 g/mol. The molecule has 0 saturated carbocycles. The minimum atomic E-state index is -1.29. The lowest BCUT2D eigenvalue weighted by molar-refractivity contribution is -0.132. The molecule has 0 spiro atoms. The standard InChI is InChI=1S/C50H95NO5/c1-3-5-7-9-11-13-15-16-17-18-19-20-21-22-23-24-25-26-27-28-29-30-31-32-33-34-36-38-40-42-44-48(54)50(56)51-46(45-52)49(55)47(53)43-41-39-37-35-14-12-10-8-6-4-2/h8,10,22-23,35,37,46-49,52-55H,3-7,9,11-21,24-34,36,38-45H2,1-2H3,(H,51,56)/b10-8+,23-22-,37-35+. The number of aliphatic hydroxyl groups is 4. The highest BCUT2D eigenvalue weighted by molar-refractivity contribution is 5.80. The van der Waals surface area contributed by atoms with Crippen molar-refractivity contribution >= 4 is 5.91 Å². The summed E-state index contributed by atoms with van der Waals surface area (Å²) in [5.74, 6) is -0.598. The molecule has 4 unspecified atom stereocenters. The molecule has 0 saturated heterocycles. The van der Waals surface area contributed by atoms with E-state index in [1.807, 2.05) is 0 Å². The number of amides is 1. The zero-order chi connectivity index (χ0) is 41.0. The lowest BCUT2D eigenvalue weighted by Crippen LogP contribution is -2.53. The molecule has 0 heterocycles. The van der Waals surface area contributed by atoms with Crippen LogP contribution in [0.4, 0.5) is 0 Å². The maximum Gasteiger partial charge on any atom is 0.249 e. The van der Waals surface area contributed by atoms with E-state index in [9.17, 15) is 25.2 Å². The van der Waals surface area contributed by atoms with Gasteiger partial charge in [0.2, 0.25) is 5.91 Å². The third-order valence-corrected chi connectivity index (χ3v) is 11.3. The number of unbranched alkanes of at least 4 members (excludes halogenated alkanes) is 29. The van der Waals surface area contributed by atoms with E-state index in [0.29, 0.717) is 19.3 Å². The van der Waals surface area contributed by atoms with Crippen LogP contribution in [-0.2, 0) is 4.79 Å². The lowest BCUT2D eigenvalue weighted by atomic mass is 10.00. The van der Waals surface area contributed by atoms with E-state index in [0.717, 1.165) is 44.9 Å². The Labute approximate surface area is 347 Å². The molecule has 0 bridgehead atoms. The number of allylic oxidation sites excluding steroid dienone is 6. The van der Waals surface area contributed by atoms with Gasteiger partial charge in [0, 0.05) is 0 Å². The van der Waals surface area contributed by atoms with Crippen molar-refractivity contribution in [1.29, 1.82) is 0 Å². The predicted octanol–water partition coefficient (Wildman–Crippen LogP) is 13.3. The topological polar surface area (TPSA) is 110 Å². The second-order valence-corrected chi connectivity index (χ2v) is 16.8. The van der Waals surface area contributed by atoms with E-state index in [4.69, 9.17) is 0 Å². The van der Waals surface area contributed by atoms with Gasteiger partial charge in [0.05, 0.1) is 18.8 Å². The summed E-state index contributed by atoms with van der Waals surface area (Å²) in [6.45, 7) is 3.96. The average Bonchev–Trinajstić information content (AvgIpc) is 3.20. The predicted molar refractivity (Wildman–Crippen MR) is 242 cm³/mol. The van der Waals surface area contributed by atoms with Crippen LogP contribution < -0.4 is 5.32 Å². The molecule has 0 rings (SSSR count). The fourth-order valence-electron chi connectivity index (χ4n) is 7.42. The van der Waals surface area contributed by atoms with Gasteiger partial charge in [-0.25, -0.2) is 0 Å². The fourth-order valence-corrected chi connectivity index (χ4v) is 7.42. The molecule has 0 aliphatic carbocycles. The summed E-state index contributed by atoms with van der Waals surface area (Å²) in [7, 11) is 0. The molecule has 1 amide bonds. The molecule has 4 atom stereocenters. The largest absolute Gasteiger partial charge is 0.394 e. The Balaban J connectivity index is 3.59. The summed E-state index contributed by atoms with van der Waals surface area (Å²) in [6, 6.07) is -1.01. The van der Waals surface area contributed by atoms with E-state index < -0.39 is 36.9 Å². The van der Waals surface area contributed by atoms with Crippen LogP contribution in [0.1, 0.15) is 245 Å². The first-order valence-corrected chi connectivity index (χ1v) is 24.4. The number of carbonyl (C=O) groups is 1. The van der Waals surface area contributed by atoms with E-state index in [1.54, 1.807) is 0 Å². The summed E-state index contributed by atoms with van der Waals surface area (Å²) in [5.41, 5.74) is 0. The molecular formula is C50H95NO5. The van der Waals surface area contributed by atoms with Crippen LogP contribution in [0.25, 0.3) is 0 Å². The van der Waals surface area contributed by atoms with Crippen LogP contribution in [0.2, 0.25) is 0 Å². The minimum Gasteiger partial charge on any atom is -0.394 e. The van der Waals surface area contributed by atoms with E-state index in [-0.39, 0.29) is 0 Å². The molecular weight excluding hydrogens is 695 g/mol. The van der Waals surface area contributed by atoms with Crippen molar-refractivity contribution in [3.63, 3.8) is 0 Å². The zero-order valence-corrected chi connectivity index (χ0v) is 37.1. The summed E-state index contributed by atoms with van der Waals surface area (Å²) >= 11 is 0. The molecule has 6 heteroatoms. The van der Waals surface area contributed by atoms with Crippen LogP contribution in [-0.4, -0.2) is 57.3 Å². The van der Waals surface area contributed by atoms with Crippen LogP contribution in [0.5, 0.6) is 0 Å². The SMILES string of the molecule is CCC/C=C/CC/C=C/CCCC(O)C(O)C(CO)NC(=O)C(O)CCCCCCCCCCCCCCCC/C=C\CCCCCCCCCCCCCC. The van der Waals surface area contributed by atoms with E-state index in [2.05, 4.69) is 55.6 Å². The van der Waals surface area contributed by atoms with Crippen molar-refractivity contribution < 1.29 is 25.2 Å². The van der Waals surface area contributed by atoms with Crippen molar-refractivity contribution in [1.82, 2.24) is 5.32 Å².